The number of esters is 1. The minimum atomic E-state index is -0.391. The summed E-state index contributed by atoms with van der Waals surface area (Å²) in [5.41, 5.74) is 1.05. The van der Waals surface area contributed by atoms with Gasteiger partial charge in [0.25, 0.3) is 0 Å². The first kappa shape index (κ1) is 11.5. The third-order valence-electron chi connectivity index (χ3n) is 2.81. The molecule has 0 aromatic carbocycles. The number of methoxy groups -OCH3 is 1. The Bertz CT molecular complexity index is 716. The van der Waals surface area contributed by atoms with Gasteiger partial charge >= 0.3 is 5.97 Å². The molecule has 6 nitrogen and oxygen atoms in total. The van der Waals surface area contributed by atoms with E-state index in [2.05, 4.69) is 14.9 Å². The van der Waals surface area contributed by atoms with Crippen molar-refractivity contribution in [1.29, 1.82) is 0 Å². The summed E-state index contributed by atoms with van der Waals surface area (Å²) < 4.78 is 11.8. The second-order valence-corrected chi connectivity index (χ2v) is 4.01. The molecule has 3 rings (SSSR count). The molecule has 6 heteroatoms. The van der Waals surface area contributed by atoms with E-state index in [1.165, 1.54) is 7.11 Å². The van der Waals surface area contributed by atoms with E-state index in [0.29, 0.717) is 17.6 Å². The number of fused-ring (bicyclic) bond motifs is 1. The van der Waals surface area contributed by atoms with Gasteiger partial charge in [0.1, 0.15) is 11.6 Å². The van der Waals surface area contributed by atoms with Crippen LogP contribution in [0.2, 0.25) is 0 Å². The largest absolute Gasteiger partial charge is 0.469 e. The lowest BCUT2D eigenvalue weighted by Gasteiger charge is -2.01. The van der Waals surface area contributed by atoms with E-state index in [0.717, 1.165) is 11.6 Å². The summed E-state index contributed by atoms with van der Waals surface area (Å²) >= 11 is 0. The van der Waals surface area contributed by atoms with Crippen molar-refractivity contribution in [3.05, 3.63) is 53.9 Å². The van der Waals surface area contributed by atoms with Crippen LogP contribution >= 0.6 is 0 Å². The molecular weight excluding hydrogens is 246 g/mol. The molecule has 0 bridgehead atoms. The van der Waals surface area contributed by atoms with Gasteiger partial charge in [0.05, 0.1) is 25.4 Å². The maximum Gasteiger partial charge on any atom is 0.338 e. The van der Waals surface area contributed by atoms with Gasteiger partial charge in [-0.25, -0.2) is 4.79 Å². The maximum absolute atomic E-state index is 11.4. The Morgan fingerprint density at radius 3 is 3.05 bits per heavy atom. The summed E-state index contributed by atoms with van der Waals surface area (Å²) in [5.74, 6) is 1.17. The van der Waals surface area contributed by atoms with Crippen molar-refractivity contribution in [2.45, 2.75) is 6.42 Å². The number of rotatable bonds is 3. The number of carbonyl (C=O) groups is 1. The van der Waals surface area contributed by atoms with Gasteiger partial charge in [-0.3, -0.25) is 4.40 Å². The smallest absolute Gasteiger partial charge is 0.338 e. The molecular formula is C13H11N3O3. The molecule has 0 amide bonds. The highest BCUT2D eigenvalue weighted by Crippen LogP contribution is 2.12. The van der Waals surface area contributed by atoms with E-state index in [-0.39, 0.29) is 0 Å². The zero-order valence-electron chi connectivity index (χ0n) is 10.2. The fourth-order valence-electron chi connectivity index (χ4n) is 1.87. The van der Waals surface area contributed by atoms with Gasteiger partial charge in [-0.2, -0.15) is 0 Å². The molecule has 0 saturated carbocycles. The van der Waals surface area contributed by atoms with Crippen molar-refractivity contribution in [3.8, 4) is 0 Å². The van der Waals surface area contributed by atoms with Crippen LogP contribution in [0.15, 0.2) is 41.1 Å². The third-order valence-corrected chi connectivity index (χ3v) is 2.81. The number of furan rings is 1. The zero-order valence-corrected chi connectivity index (χ0v) is 10.2. The van der Waals surface area contributed by atoms with Crippen molar-refractivity contribution in [3.63, 3.8) is 0 Å². The number of carbonyl (C=O) groups excluding carboxylic acids is 1. The van der Waals surface area contributed by atoms with Crippen LogP contribution in [0.5, 0.6) is 0 Å². The van der Waals surface area contributed by atoms with Crippen LogP contribution in [0.25, 0.3) is 5.65 Å². The first-order chi connectivity index (χ1) is 9.28. The van der Waals surface area contributed by atoms with Gasteiger partial charge in [0, 0.05) is 6.20 Å². The highest BCUT2D eigenvalue weighted by molar-refractivity contribution is 5.90. The Labute approximate surface area is 108 Å². The molecule has 3 heterocycles. The standard InChI is InChI=1S/C13H11N3O3/c1-18-13(17)9-4-5-16-11(7-9)14-15-12(16)8-10-3-2-6-19-10/h2-7H,8H2,1H3. The summed E-state index contributed by atoms with van der Waals surface area (Å²) in [5, 5.41) is 8.14. The summed E-state index contributed by atoms with van der Waals surface area (Å²) in [6.45, 7) is 0. The average Bonchev–Trinajstić information content (AvgIpc) is 3.08. The predicted octanol–water partition coefficient (Wildman–Crippen LogP) is 1.70. The van der Waals surface area contributed by atoms with Crippen LogP contribution in [-0.4, -0.2) is 27.7 Å². The highest BCUT2D eigenvalue weighted by atomic mass is 16.5. The quantitative estimate of drug-likeness (QED) is 0.668. The lowest BCUT2D eigenvalue weighted by molar-refractivity contribution is 0.0600. The molecule has 96 valence electrons. The van der Waals surface area contributed by atoms with Crippen molar-refractivity contribution in [1.82, 2.24) is 14.6 Å². The second-order valence-electron chi connectivity index (χ2n) is 4.01. The zero-order chi connectivity index (χ0) is 13.2. The molecule has 0 atom stereocenters. The predicted molar refractivity (Wildman–Crippen MR) is 65.8 cm³/mol. The molecule has 19 heavy (non-hydrogen) atoms. The number of hydrogen-bond acceptors (Lipinski definition) is 5. The summed E-state index contributed by atoms with van der Waals surface area (Å²) in [4.78, 5) is 11.4. The minimum absolute atomic E-state index is 0.391. The van der Waals surface area contributed by atoms with Gasteiger partial charge in [-0.05, 0) is 24.3 Å². The summed E-state index contributed by atoms with van der Waals surface area (Å²) in [6.07, 6.45) is 3.92. The molecule has 0 N–H and O–H groups in total. The Morgan fingerprint density at radius 1 is 1.42 bits per heavy atom. The number of nitrogens with zero attached hydrogens (tertiary/aromatic N) is 3. The first-order valence-corrected chi connectivity index (χ1v) is 5.72. The average molecular weight is 257 g/mol. The van der Waals surface area contributed by atoms with Gasteiger partial charge in [0.15, 0.2) is 5.65 Å². The molecule has 0 spiro atoms. The van der Waals surface area contributed by atoms with Gasteiger partial charge in [0.2, 0.25) is 0 Å². The monoisotopic (exact) mass is 257 g/mol. The summed E-state index contributed by atoms with van der Waals surface area (Å²) in [6, 6.07) is 7.02. The Hall–Kier alpha value is -2.63. The van der Waals surface area contributed by atoms with E-state index < -0.39 is 5.97 Å². The molecule has 3 aromatic rings. The fraction of sp³-hybridized carbons (Fsp3) is 0.154. The molecule has 0 aliphatic heterocycles. The van der Waals surface area contributed by atoms with Gasteiger partial charge in [-0.15, -0.1) is 10.2 Å². The van der Waals surface area contributed by atoms with Crippen molar-refractivity contribution in [2.24, 2.45) is 0 Å². The van der Waals surface area contributed by atoms with E-state index >= 15 is 0 Å². The Balaban J connectivity index is 1.98. The maximum atomic E-state index is 11.4. The first-order valence-electron chi connectivity index (χ1n) is 5.72. The van der Waals surface area contributed by atoms with E-state index in [9.17, 15) is 4.79 Å². The normalized spacial score (nSPS) is 10.8. The molecule has 3 aromatic heterocycles. The molecule has 0 aliphatic carbocycles. The van der Waals surface area contributed by atoms with Gasteiger partial charge in [-0.1, -0.05) is 0 Å². The summed E-state index contributed by atoms with van der Waals surface area (Å²) in [7, 11) is 1.35. The van der Waals surface area contributed by atoms with E-state index in [1.54, 1.807) is 24.6 Å². The number of pyridine rings is 1. The van der Waals surface area contributed by atoms with Crippen LogP contribution in [0.4, 0.5) is 0 Å². The Morgan fingerprint density at radius 2 is 2.32 bits per heavy atom. The van der Waals surface area contributed by atoms with Crippen LogP contribution in [0.1, 0.15) is 21.9 Å². The van der Waals surface area contributed by atoms with Crippen LogP contribution < -0.4 is 0 Å². The lowest BCUT2D eigenvalue weighted by Crippen LogP contribution is -2.02. The van der Waals surface area contributed by atoms with Crippen LogP contribution in [-0.2, 0) is 11.2 Å². The number of ether oxygens (including phenoxy) is 1. The molecule has 0 fully saturated rings. The SMILES string of the molecule is COC(=O)c1ccn2c(Cc3ccco3)nnc2c1. The number of hydrogen-bond donors (Lipinski definition) is 0. The van der Waals surface area contributed by atoms with Crippen molar-refractivity contribution < 1.29 is 13.9 Å². The molecule has 0 aliphatic rings. The lowest BCUT2D eigenvalue weighted by atomic mass is 10.2. The van der Waals surface area contributed by atoms with E-state index in [4.69, 9.17) is 4.42 Å². The van der Waals surface area contributed by atoms with Crippen molar-refractivity contribution >= 4 is 11.6 Å². The highest BCUT2D eigenvalue weighted by Gasteiger charge is 2.11. The number of aromatic nitrogens is 3. The van der Waals surface area contributed by atoms with Crippen molar-refractivity contribution in [2.75, 3.05) is 7.11 Å². The Kier molecular flexibility index (Phi) is 2.75. The molecule has 0 saturated heterocycles. The van der Waals surface area contributed by atoms with Crippen LogP contribution in [0.3, 0.4) is 0 Å². The molecule has 0 unspecified atom stereocenters. The van der Waals surface area contributed by atoms with E-state index in [1.807, 2.05) is 16.5 Å². The van der Waals surface area contributed by atoms with Crippen LogP contribution in [0, 0.1) is 0 Å². The second kappa shape index (κ2) is 4.56. The minimum Gasteiger partial charge on any atom is -0.469 e. The molecule has 0 radical (unpaired) electrons. The third kappa shape index (κ3) is 2.08. The topological polar surface area (TPSA) is 69.6 Å². The van der Waals surface area contributed by atoms with Gasteiger partial charge < -0.3 is 9.15 Å². The fourth-order valence-corrected chi connectivity index (χ4v) is 1.87.